The van der Waals surface area contributed by atoms with Crippen LogP contribution in [0.1, 0.15) is 0 Å². The van der Waals surface area contributed by atoms with E-state index >= 15 is 0 Å². The number of phenols is 3. The zero-order valence-electron chi connectivity index (χ0n) is 11.8. The van der Waals surface area contributed by atoms with E-state index in [0.717, 1.165) is 11.1 Å². The van der Waals surface area contributed by atoms with Gasteiger partial charge in [0.25, 0.3) is 0 Å². The number of hydrogen-bond donors (Lipinski definition) is 4. The molecule has 2 aromatic carbocycles. The van der Waals surface area contributed by atoms with E-state index in [0.29, 0.717) is 0 Å². The van der Waals surface area contributed by atoms with E-state index in [1.807, 2.05) is 6.07 Å². The van der Waals surface area contributed by atoms with E-state index < -0.39 is 5.91 Å². The average Bonchev–Trinajstić information content (AvgIpc) is 2.48. The van der Waals surface area contributed by atoms with Gasteiger partial charge in [-0.15, -0.1) is 0 Å². The first-order valence-electron chi connectivity index (χ1n) is 6.34. The topological polar surface area (TPSA) is 104 Å². The highest BCUT2D eigenvalue weighted by Gasteiger charge is 2.03. The molecule has 0 fully saturated rings. The molecule has 2 aromatic rings. The third-order valence-corrected chi connectivity index (χ3v) is 2.55. The number of carbonyl (C=O) groups excluding carboxylic acids is 1. The summed E-state index contributed by atoms with van der Waals surface area (Å²) in [6.45, 7) is 3.34. The number of allylic oxidation sites excluding steroid dienone is 2. The molecule has 2 rings (SSSR count). The second-order valence-electron chi connectivity index (χ2n) is 4.25. The molecule has 0 radical (unpaired) electrons. The quantitative estimate of drug-likeness (QED) is 0.397. The van der Waals surface area contributed by atoms with E-state index in [1.54, 1.807) is 24.3 Å². The second kappa shape index (κ2) is 8.16. The highest BCUT2D eigenvalue weighted by Crippen LogP contribution is 2.31. The van der Waals surface area contributed by atoms with Gasteiger partial charge in [-0.1, -0.05) is 36.9 Å². The van der Waals surface area contributed by atoms with Crippen LogP contribution in [0.5, 0.6) is 17.2 Å². The molecule has 5 nitrogen and oxygen atoms in total. The van der Waals surface area contributed by atoms with Gasteiger partial charge in [0.2, 0.25) is 5.91 Å². The van der Waals surface area contributed by atoms with Crippen LogP contribution in [0, 0.1) is 0 Å². The molecule has 0 bridgehead atoms. The lowest BCUT2D eigenvalue weighted by molar-refractivity contribution is -0.113. The third-order valence-electron chi connectivity index (χ3n) is 2.55. The highest BCUT2D eigenvalue weighted by atomic mass is 16.3. The number of benzene rings is 2. The van der Waals surface area contributed by atoms with Crippen molar-refractivity contribution in [2.45, 2.75) is 0 Å². The molecule has 0 aliphatic heterocycles. The summed E-state index contributed by atoms with van der Waals surface area (Å²) in [4.78, 5) is 9.85. The Kier molecular flexibility index (Phi) is 6.25. The van der Waals surface area contributed by atoms with E-state index in [1.165, 1.54) is 30.4 Å². The summed E-state index contributed by atoms with van der Waals surface area (Å²) in [6, 6.07) is 11.2. The number of hydrogen-bond acceptors (Lipinski definition) is 4. The van der Waals surface area contributed by atoms with E-state index in [2.05, 4.69) is 6.58 Å². The maximum Gasteiger partial charge on any atom is 0.241 e. The maximum atomic E-state index is 9.85. The summed E-state index contributed by atoms with van der Waals surface area (Å²) in [6.07, 6.45) is 4.22. The summed E-state index contributed by atoms with van der Waals surface area (Å²) in [5.74, 6) is -0.602. The standard InChI is InChI=1S/C12H10O3.C5H7NO/c13-10-3-1-2-8(6-10)9-4-5-11(14)12(15)7-9;1-2-3-4-5(6)7/h1-7,13-15H;2-4H,1H2,(H2,6,7). The molecule has 1 amide bonds. The number of carbonyl (C=O) groups is 1. The summed E-state index contributed by atoms with van der Waals surface area (Å²) < 4.78 is 0. The lowest BCUT2D eigenvalue weighted by atomic mass is 10.1. The summed E-state index contributed by atoms with van der Waals surface area (Å²) in [7, 11) is 0. The van der Waals surface area contributed by atoms with Crippen molar-refractivity contribution >= 4 is 5.91 Å². The maximum absolute atomic E-state index is 9.85. The lowest BCUT2D eigenvalue weighted by Gasteiger charge is -2.04. The Morgan fingerprint density at radius 3 is 2.18 bits per heavy atom. The van der Waals surface area contributed by atoms with Gasteiger partial charge in [0, 0.05) is 6.08 Å². The van der Waals surface area contributed by atoms with Gasteiger partial charge in [-0.05, 0) is 35.4 Å². The van der Waals surface area contributed by atoms with Gasteiger partial charge in [-0.2, -0.15) is 0 Å². The molecule has 0 aliphatic rings. The fraction of sp³-hybridized carbons (Fsp3) is 0. The Morgan fingerprint density at radius 1 is 1.00 bits per heavy atom. The molecular weight excluding hydrogens is 282 g/mol. The minimum Gasteiger partial charge on any atom is -0.508 e. The van der Waals surface area contributed by atoms with Crippen molar-refractivity contribution in [2.24, 2.45) is 5.73 Å². The predicted molar refractivity (Wildman–Crippen MR) is 85.4 cm³/mol. The highest BCUT2D eigenvalue weighted by molar-refractivity contribution is 5.85. The van der Waals surface area contributed by atoms with Gasteiger partial charge in [0.05, 0.1) is 0 Å². The molecule has 0 aromatic heterocycles. The van der Waals surface area contributed by atoms with Crippen LogP contribution in [-0.2, 0) is 4.79 Å². The number of nitrogens with two attached hydrogens (primary N) is 1. The lowest BCUT2D eigenvalue weighted by Crippen LogP contribution is -2.04. The summed E-state index contributed by atoms with van der Waals surface area (Å²) in [5.41, 5.74) is 6.22. The van der Waals surface area contributed by atoms with Crippen LogP contribution in [-0.4, -0.2) is 21.2 Å². The van der Waals surface area contributed by atoms with Gasteiger partial charge < -0.3 is 21.1 Å². The van der Waals surface area contributed by atoms with Crippen molar-refractivity contribution in [1.29, 1.82) is 0 Å². The molecule has 0 heterocycles. The molecule has 0 atom stereocenters. The molecule has 114 valence electrons. The third kappa shape index (κ3) is 5.42. The van der Waals surface area contributed by atoms with E-state index in [9.17, 15) is 15.0 Å². The van der Waals surface area contributed by atoms with Gasteiger partial charge >= 0.3 is 0 Å². The zero-order chi connectivity index (χ0) is 16.5. The number of amides is 1. The first-order chi connectivity index (χ1) is 10.4. The molecule has 22 heavy (non-hydrogen) atoms. The Bertz CT molecular complexity index is 693. The molecule has 5 heteroatoms. The van der Waals surface area contributed by atoms with E-state index in [4.69, 9.17) is 10.8 Å². The van der Waals surface area contributed by atoms with Crippen LogP contribution in [0.4, 0.5) is 0 Å². The minimum absolute atomic E-state index is 0.154. The summed E-state index contributed by atoms with van der Waals surface area (Å²) in [5, 5.41) is 27.8. The van der Waals surface area contributed by atoms with Gasteiger partial charge in [0.15, 0.2) is 11.5 Å². The first kappa shape index (κ1) is 16.8. The van der Waals surface area contributed by atoms with Crippen LogP contribution in [0.15, 0.2) is 67.3 Å². The van der Waals surface area contributed by atoms with Crippen molar-refractivity contribution in [3.8, 4) is 28.4 Å². The normalized spacial score (nSPS) is 9.82. The van der Waals surface area contributed by atoms with Crippen molar-refractivity contribution in [1.82, 2.24) is 0 Å². The van der Waals surface area contributed by atoms with Crippen LogP contribution < -0.4 is 5.73 Å². The van der Waals surface area contributed by atoms with Crippen molar-refractivity contribution in [3.05, 3.63) is 67.3 Å². The molecule has 0 saturated carbocycles. The Labute approximate surface area is 128 Å². The largest absolute Gasteiger partial charge is 0.508 e. The zero-order valence-corrected chi connectivity index (χ0v) is 11.8. The number of primary amides is 1. The fourth-order valence-corrected chi connectivity index (χ4v) is 1.55. The molecular formula is C17H17NO4. The van der Waals surface area contributed by atoms with Gasteiger partial charge in [-0.25, -0.2) is 0 Å². The number of rotatable bonds is 3. The smallest absolute Gasteiger partial charge is 0.241 e. The van der Waals surface area contributed by atoms with Gasteiger partial charge in [0.1, 0.15) is 5.75 Å². The SMILES string of the molecule is C=CC=CC(N)=O.Oc1cccc(-c2ccc(O)c(O)c2)c1. The molecule has 0 saturated heterocycles. The van der Waals surface area contributed by atoms with Crippen LogP contribution in [0.3, 0.4) is 0 Å². The summed E-state index contributed by atoms with van der Waals surface area (Å²) >= 11 is 0. The first-order valence-corrected chi connectivity index (χ1v) is 6.34. The van der Waals surface area contributed by atoms with Crippen molar-refractivity contribution < 1.29 is 20.1 Å². The molecule has 5 N–H and O–H groups in total. The Morgan fingerprint density at radius 2 is 1.68 bits per heavy atom. The average molecular weight is 299 g/mol. The van der Waals surface area contributed by atoms with Crippen LogP contribution >= 0.6 is 0 Å². The van der Waals surface area contributed by atoms with Crippen LogP contribution in [0.2, 0.25) is 0 Å². The monoisotopic (exact) mass is 299 g/mol. The molecule has 0 spiro atoms. The molecule has 0 aliphatic carbocycles. The Balaban J connectivity index is 0.000000295. The van der Waals surface area contributed by atoms with E-state index in [-0.39, 0.29) is 17.2 Å². The van der Waals surface area contributed by atoms with Crippen molar-refractivity contribution in [3.63, 3.8) is 0 Å². The fourth-order valence-electron chi connectivity index (χ4n) is 1.55. The van der Waals surface area contributed by atoms with Crippen LogP contribution in [0.25, 0.3) is 11.1 Å². The Hall–Kier alpha value is -3.21. The predicted octanol–water partition coefficient (Wildman–Crippen LogP) is 2.68. The number of phenolic OH excluding ortho intramolecular Hbond substituents is 3. The second-order valence-corrected chi connectivity index (χ2v) is 4.25. The molecule has 0 unspecified atom stereocenters. The van der Waals surface area contributed by atoms with Gasteiger partial charge in [-0.3, -0.25) is 4.79 Å². The van der Waals surface area contributed by atoms with Crippen molar-refractivity contribution in [2.75, 3.05) is 0 Å². The minimum atomic E-state index is -0.445. The number of aromatic hydroxyl groups is 3.